The zero-order valence-electron chi connectivity index (χ0n) is 6.11. The van der Waals surface area contributed by atoms with Gasteiger partial charge in [-0.2, -0.15) is 0 Å². The number of carboxylic acid groups (broad SMARTS) is 1. The summed E-state index contributed by atoms with van der Waals surface area (Å²) < 4.78 is 0. The second-order valence-electron chi connectivity index (χ2n) is 2.46. The molecule has 0 saturated heterocycles. The average Bonchev–Trinajstić information content (AvgIpc) is 1.84. The van der Waals surface area contributed by atoms with E-state index in [-0.39, 0.29) is 0 Å². The highest BCUT2D eigenvalue weighted by Gasteiger charge is 2.23. The molecule has 10 heavy (non-hydrogen) atoms. The van der Waals surface area contributed by atoms with Gasteiger partial charge in [0.25, 0.3) is 0 Å². The van der Waals surface area contributed by atoms with Crippen LogP contribution in [0.2, 0.25) is 0 Å². The molecule has 0 spiro atoms. The molecule has 1 unspecified atom stereocenters. The molecular weight excluding hydrogens is 134 g/mol. The Morgan fingerprint density at radius 2 is 1.90 bits per heavy atom. The number of aliphatic hydroxyl groups is 1. The lowest BCUT2D eigenvalue weighted by Crippen LogP contribution is -2.41. The predicted molar refractivity (Wildman–Crippen MR) is 36.5 cm³/mol. The standard InChI is InChI=1S/C6H13NO3/c1-3(4(2)8)5(7)6(9)10/h3-5,8H,7H2,1-2H3,(H,9,10)/t3-,4?,5+/m1/s1. The number of hydrogen-bond donors (Lipinski definition) is 3. The molecule has 3 atom stereocenters. The molecule has 0 rings (SSSR count). The second-order valence-corrected chi connectivity index (χ2v) is 2.46. The van der Waals surface area contributed by atoms with Crippen LogP contribution in [0.1, 0.15) is 13.8 Å². The maximum absolute atomic E-state index is 10.2. The van der Waals surface area contributed by atoms with Crippen molar-refractivity contribution in [3.63, 3.8) is 0 Å². The van der Waals surface area contributed by atoms with Crippen molar-refractivity contribution in [3.05, 3.63) is 0 Å². The third kappa shape index (κ3) is 2.33. The molecule has 0 aromatic heterocycles. The SMILES string of the molecule is CC(O)[C@@H](C)[C@H](N)C(=O)O. The summed E-state index contributed by atoms with van der Waals surface area (Å²) in [5, 5.41) is 17.3. The molecular formula is C6H13NO3. The van der Waals surface area contributed by atoms with Gasteiger partial charge in [0.15, 0.2) is 0 Å². The zero-order chi connectivity index (χ0) is 8.31. The van der Waals surface area contributed by atoms with Crippen LogP contribution in [-0.4, -0.2) is 28.3 Å². The van der Waals surface area contributed by atoms with Crippen molar-refractivity contribution in [2.75, 3.05) is 0 Å². The lowest BCUT2D eigenvalue weighted by atomic mass is 9.98. The minimum atomic E-state index is -1.08. The van der Waals surface area contributed by atoms with Crippen molar-refractivity contribution < 1.29 is 15.0 Å². The fraction of sp³-hybridized carbons (Fsp3) is 0.833. The summed E-state index contributed by atoms with van der Waals surface area (Å²) in [4.78, 5) is 10.2. The number of nitrogens with two attached hydrogens (primary N) is 1. The first-order valence-electron chi connectivity index (χ1n) is 3.13. The smallest absolute Gasteiger partial charge is 0.320 e. The van der Waals surface area contributed by atoms with E-state index in [1.807, 2.05) is 0 Å². The van der Waals surface area contributed by atoms with Gasteiger partial charge in [0.2, 0.25) is 0 Å². The van der Waals surface area contributed by atoms with Gasteiger partial charge in [-0.3, -0.25) is 4.79 Å². The maximum Gasteiger partial charge on any atom is 0.320 e. The molecule has 0 radical (unpaired) electrons. The van der Waals surface area contributed by atoms with Gasteiger partial charge in [-0.05, 0) is 6.92 Å². The molecule has 0 aliphatic rings. The number of aliphatic hydroxyl groups excluding tert-OH is 1. The van der Waals surface area contributed by atoms with Gasteiger partial charge in [-0.15, -0.1) is 0 Å². The fourth-order valence-corrected chi connectivity index (χ4v) is 0.525. The first-order chi connectivity index (χ1) is 4.46. The summed E-state index contributed by atoms with van der Waals surface area (Å²) in [5.74, 6) is -1.48. The third-order valence-corrected chi connectivity index (χ3v) is 1.61. The van der Waals surface area contributed by atoms with Crippen LogP contribution in [0.4, 0.5) is 0 Å². The highest BCUT2D eigenvalue weighted by atomic mass is 16.4. The summed E-state index contributed by atoms with van der Waals surface area (Å²) in [7, 11) is 0. The molecule has 0 amide bonds. The number of aliphatic carboxylic acids is 1. The van der Waals surface area contributed by atoms with Gasteiger partial charge in [-0.25, -0.2) is 0 Å². The van der Waals surface area contributed by atoms with E-state index >= 15 is 0 Å². The molecule has 0 saturated carbocycles. The zero-order valence-corrected chi connectivity index (χ0v) is 6.11. The van der Waals surface area contributed by atoms with E-state index in [9.17, 15) is 4.79 Å². The van der Waals surface area contributed by atoms with Crippen molar-refractivity contribution in [2.24, 2.45) is 11.7 Å². The molecule has 0 heterocycles. The van der Waals surface area contributed by atoms with E-state index in [1.165, 1.54) is 6.92 Å². The molecule has 0 aromatic rings. The number of carboxylic acids is 1. The molecule has 4 heteroatoms. The van der Waals surface area contributed by atoms with E-state index in [1.54, 1.807) is 6.92 Å². The molecule has 4 nitrogen and oxygen atoms in total. The van der Waals surface area contributed by atoms with E-state index in [0.29, 0.717) is 0 Å². The highest BCUT2D eigenvalue weighted by molar-refractivity contribution is 5.73. The van der Waals surface area contributed by atoms with Gasteiger partial charge in [0, 0.05) is 5.92 Å². The Hall–Kier alpha value is -0.610. The second kappa shape index (κ2) is 3.53. The van der Waals surface area contributed by atoms with Crippen molar-refractivity contribution in [2.45, 2.75) is 26.0 Å². The summed E-state index contributed by atoms with van der Waals surface area (Å²) in [6.45, 7) is 3.12. The largest absolute Gasteiger partial charge is 0.480 e. The minimum Gasteiger partial charge on any atom is -0.480 e. The monoisotopic (exact) mass is 147 g/mol. The van der Waals surface area contributed by atoms with E-state index in [4.69, 9.17) is 15.9 Å². The molecule has 4 N–H and O–H groups in total. The van der Waals surface area contributed by atoms with Gasteiger partial charge in [0.05, 0.1) is 6.10 Å². The average molecular weight is 147 g/mol. The molecule has 0 aliphatic carbocycles. The number of carbonyl (C=O) groups is 1. The lowest BCUT2D eigenvalue weighted by molar-refractivity contribution is -0.140. The Kier molecular flexibility index (Phi) is 3.32. The molecule has 0 fully saturated rings. The highest BCUT2D eigenvalue weighted by Crippen LogP contribution is 2.05. The maximum atomic E-state index is 10.2. The number of hydrogen-bond acceptors (Lipinski definition) is 3. The quantitative estimate of drug-likeness (QED) is 0.498. The van der Waals surface area contributed by atoms with Crippen molar-refractivity contribution in [1.29, 1.82) is 0 Å². The Bertz CT molecular complexity index is 124. The normalized spacial score (nSPS) is 19.6. The Balaban J connectivity index is 3.94. The van der Waals surface area contributed by atoms with Gasteiger partial charge in [0.1, 0.15) is 6.04 Å². The molecule has 0 bridgehead atoms. The van der Waals surface area contributed by atoms with Gasteiger partial charge in [-0.1, -0.05) is 6.92 Å². The van der Waals surface area contributed by atoms with Crippen LogP contribution in [0.15, 0.2) is 0 Å². The first-order valence-corrected chi connectivity index (χ1v) is 3.13. The van der Waals surface area contributed by atoms with Crippen molar-refractivity contribution >= 4 is 5.97 Å². The Morgan fingerprint density at radius 3 is 2.00 bits per heavy atom. The van der Waals surface area contributed by atoms with Crippen LogP contribution in [0.5, 0.6) is 0 Å². The molecule has 0 aromatic carbocycles. The van der Waals surface area contributed by atoms with Crippen molar-refractivity contribution in [1.82, 2.24) is 0 Å². The Morgan fingerprint density at radius 1 is 1.50 bits per heavy atom. The summed E-state index contributed by atoms with van der Waals surface area (Å²) >= 11 is 0. The third-order valence-electron chi connectivity index (χ3n) is 1.61. The van der Waals surface area contributed by atoms with E-state index < -0.39 is 24.0 Å². The first kappa shape index (κ1) is 9.39. The van der Waals surface area contributed by atoms with E-state index in [0.717, 1.165) is 0 Å². The van der Waals surface area contributed by atoms with Crippen LogP contribution in [0, 0.1) is 5.92 Å². The van der Waals surface area contributed by atoms with Crippen LogP contribution >= 0.6 is 0 Å². The number of rotatable bonds is 3. The summed E-state index contributed by atoms with van der Waals surface area (Å²) in [6.07, 6.45) is -0.675. The van der Waals surface area contributed by atoms with Crippen LogP contribution in [0.25, 0.3) is 0 Å². The topological polar surface area (TPSA) is 83.5 Å². The van der Waals surface area contributed by atoms with E-state index in [2.05, 4.69) is 0 Å². The fourth-order valence-electron chi connectivity index (χ4n) is 0.525. The van der Waals surface area contributed by atoms with Gasteiger partial charge >= 0.3 is 5.97 Å². The Labute approximate surface area is 59.7 Å². The van der Waals surface area contributed by atoms with Crippen LogP contribution < -0.4 is 5.73 Å². The molecule has 60 valence electrons. The van der Waals surface area contributed by atoms with Crippen LogP contribution in [0.3, 0.4) is 0 Å². The van der Waals surface area contributed by atoms with Crippen LogP contribution in [-0.2, 0) is 4.79 Å². The van der Waals surface area contributed by atoms with Gasteiger partial charge < -0.3 is 15.9 Å². The van der Waals surface area contributed by atoms with Crippen molar-refractivity contribution in [3.8, 4) is 0 Å². The lowest BCUT2D eigenvalue weighted by Gasteiger charge is -2.17. The minimum absolute atomic E-state index is 0.405. The summed E-state index contributed by atoms with van der Waals surface area (Å²) in [6, 6.07) is -0.972. The molecule has 0 aliphatic heterocycles. The summed E-state index contributed by atoms with van der Waals surface area (Å²) in [5.41, 5.74) is 5.20. The predicted octanol–water partition coefficient (Wildman–Crippen LogP) is -0.585.